The van der Waals surface area contributed by atoms with Crippen LogP contribution >= 0.6 is 11.3 Å². The summed E-state index contributed by atoms with van der Waals surface area (Å²) in [6.45, 7) is 5.70. The molecule has 0 fully saturated rings. The highest BCUT2D eigenvalue weighted by molar-refractivity contribution is 7.10. The maximum absolute atomic E-state index is 12.8. The molecule has 0 radical (unpaired) electrons. The Labute approximate surface area is 142 Å². The lowest BCUT2D eigenvalue weighted by Crippen LogP contribution is -2.91. The van der Waals surface area contributed by atoms with Gasteiger partial charge in [0.05, 0.1) is 12.1 Å². The summed E-state index contributed by atoms with van der Waals surface area (Å²) < 4.78 is 0. The molecule has 0 spiro atoms. The van der Waals surface area contributed by atoms with Crippen LogP contribution in [0.4, 0.5) is 0 Å². The summed E-state index contributed by atoms with van der Waals surface area (Å²) in [6.07, 6.45) is 2.06. The van der Waals surface area contributed by atoms with Gasteiger partial charge in [0.1, 0.15) is 0 Å². The minimum Gasteiger partial charge on any atom is -0.336 e. The third-order valence-electron chi connectivity index (χ3n) is 4.74. The standard InChI is InChI=1S/C19H24N2OS/c1-3-14(2)20-13-18(22)21-11-9-17-16(10-12-23-17)19(21)15-7-5-4-6-8-15/h4-8,10,12,14,19-20H,3,9,11,13H2,1-2H3/p+1/t14-,19+/m0/s1. The molecule has 1 aromatic heterocycles. The van der Waals surface area contributed by atoms with Crippen LogP contribution in [0.25, 0.3) is 0 Å². The van der Waals surface area contributed by atoms with Crippen molar-refractivity contribution in [3.8, 4) is 0 Å². The maximum Gasteiger partial charge on any atom is 0.278 e. The summed E-state index contributed by atoms with van der Waals surface area (Å²) in [6, 6.07) is 13.2. The number of amides is 1. The molecule has 2 N–H and O–H groups in total. The number of fused-ring (bicyclic) bond motifs is 1. The topological polar surface area (TPSA) is 36.9 Å². The van der Waals surface area contributed by atoms with Gasteiger partial charge in [-0.25, -0.2) is 0 Å². The molecule has 2 aromatic rings. The summed E-state index contributed by atoms with van der Waals surface area (Å²) >= 11 is 1.81. The summed E-state index contributed by atoms with van der Waals surface area (Å²) in [5.41, 5.74) is 2.52. The van der Waals surface area contributed by atoms with Gasteiger partial charge in [0, 0.05) is 11.4 Å². The number of hydrogen-bond donors (Lipinski definition) is 1. The second-order valence-corrected chi connectivity index (χ2v) is 7.28. The number of benzene rings is 1. The Morgan fingerprint density at radius 2 is 2.13 bits per heavy atom. The van der Waals surface area contributed by atoms with E-state index in [0.717, 1.165) is 19.4 Å². The van der Waals surface area contributed by atoms with Crippen LogP contribution in [-0.2, 0) is 11.2 Å². The molecule has 1 amide bonds. The summed E-state index contributed by atoms with van der Waals surface area (Å²) in [4.78, 5) is 16.3. The van der Waals surface area contributed by atoms with Crippen LogP contribution < -0.4 is 5.32 Å². The molecule has 3 nitrogen and oxygen atoms in total. The van der Waals surface area contributed by atoms with Gasteiger partial charge in [-0.05, 0) is 42.3 Å². The quantitative estimate of drug-likeness (QED) is 0.899. The minimum absolute atomic E-state index is 0.0732. The van der Waals surface area contributed by atoms with Crippen LogP contribution in [0.2, 0.25) is 0 Å². The van der Waals surface area contributed by atoms with Crippen molar-refractivity contribution in [2.45, 2.75) is 38.8 Å². The number of nitrogens with two attached hydrogens (primary N) is 1. The average molecular weight is 329 g/mol. The first-order chi connectivity index (χ1) is 11.2. The maximum atomic E-state index is 12.8. The molecule has 0 unspecified atom stereocenters. The predicted octanol–water partition coefficient (Wildman–Crippen LogP) is 2.58. The van der Waals surface area contributed by atoms with E-state index in [-0.39, 0.29) is 11.9 Å². The van der Waals surface area contributed by atoms with E-state index in [2.05, 4.69) is 59.8 Å². The van der Waals surface area contributed by atoms with Crippen molar-refractivity contribution >= 4 is 17.2 Å². The van der Waals surface area contributed by atoms with Gasteiger partial charge >= 0.3 is 0 Å². The Hall–Kier alpha value is -1.65. The Balaban J connectivity index is 1.85. The van der Waals surface area contributed by atoms with E-state index in [1.165, 1.54) is 16.0 Å². The lowest BCUT2D eigenvalue weighted by atomic mass is 9.93. The monoisotopic (exact) mass is 329 g/mol. The number of carbonyl (C=O) groups excluding carboxylic acids is 1. The normalized spacial score (nSPS) is 18.5. The van der Waals surface area contributed by atoms with E-state index in [1.54, 1.807) is 0 Å². The third-order valence-corrected chi connectivity index (χ3v) is 5.74. The molecular weight excluding hydrogens is 304 g/mol. The van der Waals surface area contributed by atoms with Gasteiger partial charge in [0.15, 0.2) is 6.54 Å². The number of hydrogen-bond acceptors (Lipinski definition) is 2. The van der Waals surface area contributed by atoms with Crippen molar-refractivity contribution in [2.24, 2.45) is 0 Å². The smallest absolute Gasteiger partial charge is 0.278 e. The molecule has 1 aliphatic heterocycles. The van der Waals surface area contributed by atoms with E-state index in [9.17, 15) is 4.79 Å². The van der Waals surface area contributed by atoms with Crippen molar-refractivity contribution in [1.82, 2.24) is 4.90 Å². The summed E-state index contributed by atoms with van der Waals surface area (Å²) in [7, 11) is 0. The van der Waals surface area contributed by atoms with Crippen molar-refractivity contribution < 1.29 is 10.1 Å². The zero-order valence-electron chi connectivity index (χ0n) is 13.9. The Bertz CT molecular complexity index is 652. The van der Waals surface area contributed by atoms with E-state index >= 15 is 0 Å². The van der Waals surface area contributed by atoms with Crippen molar-refractivity contribution in [1.29, 1.82) is 0 Å². The molecule has 3 rings (SSSR count). The van der Waals surface area contributed by atoms with E-state index in [0.29, 0.717) is 12.6 Å². The Morgan fingerprint density at radius 1 is 1.35 bits per heavy atom. The number of quaternary nitrogens is 1. The van der Waals surface area contributed by atoms with Crippen molar-refractivity contribution in [3.05, 3.63) is 57.8 Å². The second-order valence-electron chi connectivity index (χ2n) is 6.27. The highest BCUT2D eigenvalue weighted by Gasteiger charge is 2.33. The molecule has 1 aromatic carbocycles. The molecule has 122 valence electrons. The number of thiophene rings is 1. The predicted molar refractivity (Wildman–Crippen MR) is 94.6 cm³/mol. The minimum atomic E-state index is 0.0732. The molecule has 0 aliphatic carbocycles. The van der Waals surface area contributed by atoms with Gasteiger partial charge < -0.3 is 10.2 Å². The molecule has 2 heterocycles. The molecule has 2 atom stereocenters. The zero-order chi connectivity index (χ0) is 16.2. The van der Waals surface area contributed by atoms with Crippen LogP contribution in [0, 0.1) is 0 Å². The van der Waals surface area contributed by atoms with Crippen LogP contribution in [0.1, 0.15) is 42.3 Å². The molecule has 23 heavy (non-hydrogen) atoms. The van der Waals surface area contributed by atoms with Gasteiger partial charge in [0.2, 0.25) is 0 Å². The summed E-state index contributed by atoms with van der Waals surface area (Å²) in [5, 5.41) is 4.31. The number of nitrogens with zero attached hydrogens (tertiary/aromatic N) is 1. The number of carbonyl (C=O) groups is 1. The van der Waals surface area contributed by atoms with Crippen LogP contribution in [0.3, 0.4) is 0 Å². The molecular formula is C19H25N2OS+. The number of rotatable bonds is 5. The molecule has 4 heteroatoms. The summed E-state index contributed by atoms with van der Waals surface area (Å²) in [5.74, 6) is 0.246. The Kier molecular flexibility index (Phi) is 5.13. The van der Waals surface area contributed by atoms with Gasteiger partial charge in [0.25, 0.3) is 5.91 Å². The SMILES string of the molecule is CC[C@H](C)[NH2+]CC(=O)N1CCc2sccc2[C@H]1c1ccccc1. The highest BCUT2D eigenvalue weighted by Crippen LogP contribution is 2.37. The van der Waals surface area contributed by atoms with Gasteiger partial charge in [-0.15, -0.1) is 11.3 Å². The van der Waals surface area contributed by atoms with E-state index in [4.69, 9.17) is 0 Å². The fourth-order valence-electron chi connectivity index (χ4n) is 3.17. The van der Waals surface area contributed by atoms with E-state index < -0.39 is 0 Å². The first kappa shape index (κ1) is 16.2. The van der Waals surface area contributed by atoms with Crippen LogP contribution in [0.15, 0.2) is 41.8 Å². The molecule has 0 bridgehead atoms. The van der Waals surface area contributed by atoms with Crippen LogP contribution in [-0.4, -0.2) is 29.9 Å². The van der Waals surface area contributed by atoms with Gasteiger partial charge in [-0.3, -0.25) is 4.79 Å². The molecule has 0 saturated carbocycles. The lowest BCUT2D eigenvalue weighted by Gasteiger charge is -2.36. The van der Waals surface area contributed by atoms with Gasteiger partial charge in [-0.1, -0.05) is 37.3 Å². The Morgan fingerprint density at radius 3 is 2.87 bits per heavy atom. The van der Waals surface area contributed by atoms with Crippen LogP contribution in [0.5, 0.6) is 0 Å². The molecule has 1 aliphatic rings. The first-order valence-electron chi connectivity index (χ1n) is 8.44. The second kappa shape index (κ2) is 7.28. The lowest BCUT2D eigenvalue weighted by molar-refractivity contribution is -0.676. The van der Waals surface area contributed by atoms with Crippen molar-refractivity contribution in [3.63, 3.8) is 0 Å². The largest absolute Gasteiger partial charge is 0.336 e. The zero-order valence-corrected chi connectivity index (χ0v) is 14.7. The van der Waals surface area contributed by atoms with Gasteiger partial charge in [-0.2, -0.15) is 0 Å². The van der Waals surface area contributed by atoms with E-state index in [1.807, 2.05) is 17.4 Å². The first-order valence-corrected chi connectivity index (χ1v) is 9.32. The average Bonchev–Trinajstić information content (AvgIpc) is 3.07. The molecule has 0 saturated heterocycles. The van der Waals surface area contributed by atoms with Crippen molar-refractivity contribution in [2.75, 3.05) is 13.1 Å². The fraction of sp³-hybridized carbons (Fsp3) is 0.421. The third kappa shape index (κ3) is 3.48. The fourth-order valence-corrected chi connectivity index (χ4v) is 4.07. The highest BCUT2D eigenvalue weighted by atomic mass is 32.1.